The van der Waals surface area contributed by atoms with Gasteiger partial charge < -0.3 is 0 Å². The minimum Gasteiger partial charge on any atom is -0.0616 e. The van der Waals surface area contributed by atoms with Gasteiger partial charge in [-0.1, -0.05) is 91.0 Å². The minimum atomic E-state index is 1.27. The van der Waals surface area contributed by atoms with Crippen LogP contribution in [0.5, 0.6) is 0 Å². The van der Waals surface area contributed by atoms with Crippen LogP contribution in [0.25, 0.3) is 65.7 Å². The lowest BCUT2D eigenvalue weighted by Crippen LogP contribution is -1.84. The molecule has 0 heteroatoms. The molecule has 0 heterocycles. The third kappa shape index (κ3) is 2.11. The molecule has 1 aliphatic rings. The number of hydrogen-bond donors (Lipinski definition) is 0. The van der Waals surface area contributed by atoms with E-state index in [-0.39, 0.29) is 0 Å². The second-order valence-electron chi connectivity index (χ2n) is 8.20. The van der Waals surface area contributed by atoms with Crippen molar-refractivity contribution in [1.82, 2.24) is 0 Å². The number of rotatable bonds is 1. The molecule has 0 spiro atoms. The molecular weight excluding hydrogens is 360 g/mol. The smallest absolute Gasteiger partial charge is 0.00259 e. The van der Waals surface area contributed by atoms with Crippen molar-refractivity contribution in [1.29, 1.82) is 0 Å². The summed E-state index contributed by atoms with van der Waals surface area (Å²) >= 11 is 0. The quantitative estimate of drug-likeness (QED) is 0.251. The van der Waals surface area contributed by atoms with Gasteiger partial charge in [0.25, 0.3) is 0 Å². The van der Waals surface area contributed by atoms with Gasteiger partial charge in [-0.15, -0.1) is 0 Å². The van der Waals surface area contributed by atoms with Crippen LogP contribution >= 0.6 is 0 Å². The van der Waals surface area contributed by atoms with E-state index < -0.39 is 0 Å². The van der Waals surface area contributed by atoms with Crippen LogP contribution in [-0.4, -0.2) is 0 Å². The van der Waals surface area contributed by atoms with Crippen LogP contribution in [0.2, 0.25) is 0 Å². The molecule has 138 valence electrons. The van der Waals surface area contributed by atoms with Gasteiger partial charge in [0.05, 0.1) is 0 Å². The average molecular weight is 378 g/mol. The van der Waals surface area contributed by atoms with Crippen molar-refractivity contribution >= 4 is 32.3 Å². The summed E-state index contributed by atoms with van der Waals surface area (Å²) in [4.78, 5) is 0. The monoisotopic (exact) mass is 378 g/mol. The standard InChI is InChI=1S/C30H18/c1-2-8-24-19(6-1)12-13-21-16-20(14-15-25(21)24)23-17-22-7-5-11-28-26-9-3-4-10-27(26)29(18-23)30(22)28/h1-18H. The molecule has 0 N–H and O–H groups in total. The highest BCUT2D eigenvalue weighted by molar-refractivity contribution is 6.16. The molecule has 0 saturated heterocycles. The van der Waals surface area contributed by atoms with E-state index in [0.29, 0.717) is 0 Å². The zero-order chi connectivity index (χ0) is 19.7. The summed E-state index contributed by atoms with van der Waals surface area (Å²) < 4.78 is 0. The Hall–Kier alpha value is -3.90. The molecule has 0 saturated carbocycles. The second-order valence-corrected chi connectivity index (χ2v) is 8.20. The predicted molar refractivity (Wildman–Crippen MR) is 129 cm³/mol. The lowest BCUT2D eigenvalue weighted by atomic mass is 9.94. The van der Waals surface area contributed by atoms with E-state index in [1.54, 1.807) is 0 Å². The topological polar surface area (TPSA) is 0 Å². The molecule has 0 amide bonds. The first-order valence-electron chi connectivity index (χ1n) is 10.5. The first-order valence-corrected chi connectivity index (χ1v) is 10.5. The zero-order valence-corrected chi connectivity index (χ0v) is 16.4. The van der Waals surface area contributed by atoms with Crippen LogP contribution in [0.15, 0.2) is 109 Å². The fourth-order valence-electron chi connectivity index (χ4n) is 5.18. The second kappa shape index (κ2) is 5.81. The van der Waals surface area contributed by atoms with Crippen LogP contribution in [0.3, 0.4) is 0 Å². The van der Waals surface area contributed by atoms with Gasteiger partial charge in [-0.3, -0.25) is 0 Å². The Morgan fingerprint density at radius 1 is 0.333 bits per heavy atom. The largest absolute Gasteiger partial charge is 0.0616 e. The van der Waals surface area contributed by atoms with E-state index in [0.717, 1.165) is 0 Å². The van der Waals surface area contributed by atoms with Gasteiger partial charge in [0.1, 0.15) is 0 Å². The summed E-state index contributed by atoms with van der Waals surface area (Å²) in [5.74, 6) is 0. The molecule has 0 radical (unpaired) electrons. The van der Waals surface area contributed by atoms with E-state index in [9.17, 15) is 0 Å². The van der Waals surface area contributed by atoms with Gasteiger partial charge in [-0.05, 0) is 83.9 Å². The van der Waals surface area contributed by atoms with E-state index in [1.165, 1.54) is 65.7 Å². The van der Waals surface area contributed by atoms with Gasteiger partial charge >= 0.3 is 0 Å². The normalized spacial score (nSPS) is 12.0. The highest BCUT2D eigenvalue weighted by Gasteiger charge is 2.21. The third-order valence-electron chi connectivity index (χ3n) is 6.56. The Bertz CT molecular complexity index is 1640. The van der Waals surface area contributed by atoms with Gasteiger partial charge in [-0.2, -0.15) is 0 Å². The summed E-state index contributed by atoms with van der Waals surface area (Å²) in [6.45, 7) is 0. The zero-order valence-electron chi connectivity index (χ0n) is 16.4. The average Bonchev–Trinajstić information content (AvgIpc) is 3.14. The Balaban J connectivity index is 1.49. The maximum atomic E-state index is 2.37. The molecule has 30 heavy (non-hydrogen) atoms. The van der Waals surface area contributed by atoms with E-state index in [1.807, 2.05) is 0 Å². The summed E-state index contributed by atoms with van der Waals surface area (Å²) in [7, 11) is 0. The number of fused-ring (bicyclic) bond motifs is 6. The van der Waals surface area contributed by atoms with Crippen molar-refractivity contribution in [2.75, 3.05) is 0 Å². The summed E-state index contributed by atoms with van der Waals surface area (Å²) in [6, 6.07) is 40.1. The first kappa shape index (κ1) is 16.0. The van der Waals surface area contributed by atoms with Crippen LogP contribution in [0, 0.1) is 0 Å². The highest BCUT2D eigenvalue weighted by atomic mass is 14.2. The maximum absolute atomic E-state index is 2.37. The van der Waals surface area contributed by atoms with Crippen molar-refractivity contribution in [2.24, 2.45) is 0 Å². The summed E-state index contributed by atoms with van der Waals surface area (Å²) in [6.07, 6.45) is 0. The first-order chi connectivity index (χ1) is 14.9. The molecule has 0 atom stereocenters. The SMILES string of the molecule is c1ccc2c(c1)-c1cccc3cc(-c4ccc5c(ccc6ccccc65)c4)cc-2c13. The maximum Gasteiger partial charge on any atom is -0.00259 e. The Morgan fingerprint density at radius 3 is 1.93 bits per heavy atom. The molecule has 0 fully saturated rings. The fraction of sp³-hybridized carbons (Fsp3) is 0. The van der Waals surface area contributed by atoms with Gasteiger partial charge in [0, 0.05) is 0 Å². The Labute approximate surface area is 175 Å². The lowest BCUT2D eigenvalue weighted by Gasteiger charge is -2.10. The molecule has 0 unspecified atom stereocenters. The Kier molecular flexibility index (Phi) is 3.09. The molecular formula is C30H18. The lowest BCUT2D eigenvalue weighted by molar-refractivity contribution is 1.67. The Morgan fingerprint density at radius 2 is 1.00 bits per heavy atom. The third-order valence-corrected chi connectivity index (χ3v) is 6.56. The van der Waals surface area contributed by atoms with Crippen molar-refractivity contribution in [3.63, 3.8) is 0 Å². The molecule has 0 nitrogen and oxygen atoms in total. The van der Waals surface area contributed by atoms with E-state index in [2.05, 4.69) is 109 Å². The predicted octanol–water partition coefficient (Wildman–Crippen LogP) is 8.46. The number of benzene rings is 6. The summed E-state index contributed by atoms with van der Waals surface area (Å²) in [5.41, 5.74) is 7.95. The van der Waals surface area contributed by atoms with Gasteiger partial charge in [0.15, 0.2) is 0 Å². The minimum absolute atomic E-state index is 1.27. The summed E-state index contributed by atoms with van der Waals surface area (Å²) in [5, 5.41) is 7.91. The van der Waals surface area contributed by atoms with E-state index in [4.69, 9.17) is 0 Å². The molecule has 7 rings (SSSR count). The molecule has 1 aliphatic carbocycles. The molecule has 0 aliphatic heterocycles. The van der Waals surface area contributed by atoms with Crippen molar-refractivity contribution < 1.29 is 0 Å². The highest BCUT2D eigenvalue weighted by Crippen LogP contribution is 2.48. The van der Waals surface area contributed by atoms with Crippen LogP contribution < -0.4 is 0 Å². The number of hydrogen-bond acceptors (Lipinski definition) is 0. The molecule has 0 bridgehead atoms. The molecule has 0 aromatic heterocycles. The molecule has 6 aromatic carbocycles. The van der Waals surface area contributed by atoms with E-state index >= 15 is 0 Å². The van der Waals surface area contributed by atoms with Crippen molar-refractivity contribution in [3.05, 3.63) is 109 Å². The van der Waals surface area contributed by atoms with Crippen LogP contribution in [0.1, 0.15) is 0 Å². The van der Waals surface area contributed by atoms with Gasteiger partial charge in [-0.25, -0.2) is 0 Å². The van der Waals surface area contributed by atoms with Crippen LogP contribution in [-0.2, 0) is 0 Å². The van der Waals surface area contributed by atoms with Crippen molar-refractivity contribution in [3.8, 4) is 33.4 Å². The van der Waals surface area contributed by atoms with Gasteiger partial charge in [0.2, 0.25) is 0 Å². The van der Waals surface area contributed by atoms with Crippen LogP contribution in [0.4, 0.5) is 0 Å². The fourth-order valence-corrected chi connectivity index (χ4v) is 5.18. The molecule has 6 aromatic rings. The van der Waals surface area contributed by atoms with Crippen molar-refractivity contribution in [2.45, 2.75) is 0 Å².